The molecule has 0 unspecified atom stereocenters. The Labute approximate surface area is 108 Å². The number of carbonyl (C=O) groups is 1. The Kier molecular flexibility index (Phi) is 3.69. The summed E-state index contributed by atoms with van der Waals surface area (Å²) in [5.74, 6) is -4.16. The van der Waals surface area contributed by atoms with Gasteiger partial charge in [-0.1, -0.05) is 29.8 Å². The first-order chi connectivity index (χ1) is 8.97. The monoisotopic (exact) mass is 264 g/mol. The molecule has 0 N–H and O–H groups in total. The molecule has 0 aliphatic rings. The zero-order valence-corrected chi connectivity index (χ0v) is 10.2. The van der Waals surface area contributed by atoms with E-state index in [0.717, 1.165) is 5.56 Å². The van der Waals surface area contributed by atoms with E-state index in [1.165, 1.54) is 0 Å². The minimum atomic E-state index is -1.30. The lowest BCUT2D eigenvalue weighted by Gasteiger charge is -2.04. The Morgan fingerprint density at radius 3 is 2.16 bits per heavy atom. The second-order valence-corrected chi connectivity index (χ2v) is 4.33. The van der Waals surface area contributed by atoms with Gasteiger partial charge in [-0.15, -0.1) is 0 Å². The highest BCUT2D eigenvalue weighted by Gasteiger charge is 2.16. The maximum atomic E-state index is 13.4. The second kappa shape index (κ2) is 5.26. The molecule has 0 saturated heterocycles. The number of hydrogen-bond acceptors (Lipinski definition) is 1. The molecule has 2 rings (SSSR count). The SMILES string of the molecule is Cc1ccc(CC(=O)c2cc(F)c(F)cc2F)cc1. The van der Waals surface area contributed by atoms with Gasteiger partial charge in [0.15, 0.2) is 17.4 Å². The van der Waals surface area contributed by atoms with Crippen molar-refractivity contribution in [3.63, 3.8) is 0 Å². The molecule has 0 heterocycles. The summed E-state index contributed by atoms with van der Waals surface area (Å²) >= 11 is 0. The minimum absolute atomic E-state index is 0.0533. The third-order valence-corrected chi connectivity index (χ3v) is 2.80. The van der Waals surface area contributed by atoms with Crippen molar-refractivity contribution in [3.05, 3.63) is 70.5 Å². The van der Waals surface area contributed by atoms with Gasteiger partial charge >= 0.3 is 0 Å². The third kappa shape index (κ3) is 3.02. The fraction of sp³-hybridized carbons (Fsp3) is 0.133. The van der Waals surface area contributed by atoms with E-state index in [1.807, 2.05) is 19.1 Å². The number of Topliss-reactive ketones (excluding diaryl/α,β-unsaturated/α-hetero) is 1. The maximum Gasteiger partial charge on any atom is 0.170 e. The quantitative estimate of drug-likeness (QED) is 0.608. The van der Waals surface area contributed by atoms with Crippen LogP contribution >= 0.6 is 0 Å². The van der Waals surface area contributed by atoms with E-state index in [2.05, 4.69) is 0 Å². The molecule has 0 aliphatic heterocycles. The van der Waals surface area contributed by atoms with Gasteiger partial charge in [0, 0.05) is 12.5 Å². The van der Waals surface area contributed by atoms with Crippen LogP contribution in [0.2, 0.25) is 0 Å². The Bertz CT molecular complexity index is 618. The molecule has 0 bridgehead atoms. The molecule has 0 fully saturated rings. The molecule has 19 heavy (non-hydrogen) atoms. The van der Waals surface area contributed by atoms with Gasteiger partial charge < -0.3 is 0 Å². The fourth-order valence-electron chi connectivity index (χ4n) is 1.72. The average Bonchev–Trinajstić information content (AvgIpc) is 2.36. The molecular formula is C15H11F3O. The summed E-state index contributed by atoms with van der Waals surface area (Å²) in [7, 11) is 0. The topological polar surface area (TPSA) is 17.1 Å². The molecule has 1 nitrogen and oxygen atoms in total. The van der Waals surface area contributed by atoms with Gasteiger partial charge in [0.05, 0.1) is 5.56 Å². The van der Waals surface area contributed by atoms with Crippen LogP contribution in [0.3, 0.4) is 0 Å². The molecule has 2 aromatic rings. The highest BCUT2D eigenvalue weighted by Crippen LogP contribution is 2.16. The molecule has 4 heteroatoms. The Morgan fingerprint density at radius 1 is 0.947 bits per heavy atom. The van der Waals surface area contributed by atoms with E-state index in [0.29, 0.717) is 17.7 Å². The number of ketones is 1. The number of carbonyl (C=O) groups excluding carboxylic acids is 1. The van der Waals surface area contributed by atoms with Crippen LogP contribution in [0.25, 0.3) is 0 Å². The van der Waals surface area contributed by atoms with Gasteiger partial charge in [-0.2, -0.15) is 0 Å². The minimum Gasteiger partial charge on any atom is -0.294 e. The molecule has 98 valence electrons. The number of halogens is 3. The van der Waals surface area contributed by atoms with Gasteiger partial charge in [0.25, 0.3) is 0 Å². The summed E-state index contributed by atoms with van der Waals surface area (Å²) in [6, 6.07) is 8.11. The van der Waals surface area contributed by atoms with Crippen molar-refractivity contribution < 1.29 is 18.0 Å². The summed E-state index contributed by atoms with van der Waals surface area (Å²) < 4.78 is 39.2. The lowest BCUT2D eigenvalue weighted by molar-refractivity contribution is 0.0988. The summed E-state index contributed by atoms with van der Waals surface area (Å²) in [6.07, 6.45) is -0.0533. The summed E-state index contributed by atoms with van der Waals surface area (Å²) in [5, 5.41) is 0. The Balaban J connectivity index is 2.25. The summed E-state index contributed by atoms with van der Waals surface area (Å²) in [6.45, 7) is 1.90. The third-order valence-electron chi connectivity index (χ3n) is 2.80. The van der Waals surface area contributed by atoms with Gasteiger partial charge in [-0.25, -0.2) is 13.2 Å². The van der Waals surface area contributed by atoms with Crippen LogP contribution in [0.15, 0.2) is 36.4 Å². The zero-order chi connectivity index (χ0) is 14.0. The molecule has 0 saturated carbocycles. The molecule has 0 atom stereocenters. The van der Waals surface area contributed by atoms with E-state index in [1.54, 1.807) is 12.1 Å². The maximum absolute atomic E-state index is 13.4. The molecule has 0 aliphatic carbocycles. The highest BCUT2D eigenvalue weighted by molar-refractivity contribution is 5.97. The van der Waals surface area contributed by atoms with Crippen LogP contribution in [0, 0.1) is 24.4 Å². The van der Waals surface area contributed by atoms with Crippen molar-refractivity contribution in [1.82, 2.24) is 0 Å². The number of benzene rings is 2. The predicted molar refractivity (Wildman–Crippen MR) is 65.5 cm³/mol. The molecule has 0 radical (unpaired) electrons. The van der Waals surface area contributed by atoms with Gasteiger partial charge in [-0.3, -0.25) is 4.79 Å². The average molecular weight is 264 g/mol. The smallest absolute Gasteiger partial charge is 0.170 e. The lowest BCUT2D eigenvalue weighted by Crippen LogP contribution is -2.07. The van der Waals surface area contributed by atoms with Crippen molar-refractivity contribution in [2.45, 2.75) is 13.3 Å². The summed E-state index contributed by atoms with van der Waals surface area (Å²) in [4.78, 5) is 11.9. The lowest BCUT2D eigenvalue weighted by atomic mass is 10.0. The van der Waals surface area contributed by atoms with Crippen molar-refractivity contribution in [3.8, 4) is 0 Å². The first kappa shape index (κ1) is 13.3. The van der Waals surface area contributed by atoms with Gasteiger partial charge in [-0.05, 0) is 18.6 Å². The standard InChI is InChI=1S/C15H11F3O/c1-9-2-4-10(5-3-9)6-15(19)11-7-13(17)14(18)8-12(11)16/h2-5,7-8H,6H2,1H3. The van der Waals surface area contributed by atoms with E-state index < -0.39 is 28.8 Å². The fourth-order valence-corrected chi connectivity index (χ4v) is 1.72. The first-order valence-electron chi connectivity index (χ1n) is 5.70. The van der Waals surface area contributed by atoms with Gasteiger partial charge in [0.2, 0.25) is 0 Å². The van der Waals surface area contributed by atoms with E-state index in [9.17, 15) is 18.0 Å². The van der Waals surface area contributed by atoms with E-state index >= 15 is 0 Å². The first-order valence-corrected chi connectivity index (χ1v) is 5.70. The van der Waals surface area contributed by atoms with Crippen LogP contribution in [0.4, 0.5) is 13.2 Å². The number of hydrogen-bond donors (Lipinski definition) is 0. The van der Waals surface area contributed by atoms with Crippen molar-refractivity contribution >= 4 is 5.78 Å². The van der Waals surface area contributed by atoms with E-state index in [4.69, 9.17) is 0 Å². The Morgan fingerprint density at radius 2 is 1.53 bits per heavy atom. The van der Waals surface area contributed by atoms with Crippen LogP contribution in [-0.2, 0) is 6.42 Å². The van der Waals surface area contributed by atoms with Crippen molar-refractivity contribution in [2.75, 3.05) is 0 Å². The van der Waals surface area contributed by atoms with Crippen LogP contribution in [0.1, 0.15) is 21.5 Å². The largest absolute Gasteiger partial charge is 0.294 e. The number of rotatable bonds is 3. The molecule has 0 amide bonds. The number of aryl methyl sites for hydroxylation is 1. The normalized spacial score (nSPS) is 10.5. The second-order valence-electron chi connectivity index (χ2n) is 4.33. The molecule has 0 spiro atoms. The van der Waals surface area contributed by atoms with Crippen LogP contribution in [0.5, 0.6) is 0 Å². The Hall–Kier alpha value is -2.10. The van der Waals surface area contributed by atoms with Gasteiger partial charge in [0.1, 0.15) is 5.82 Å². The molecule has 2 aromatic carbocycles. The molecule has 0 aromatic heterocycles. The molecular weight excluding hydrogens is 253 g/mol. The van der Waals surface area contributed by atoms with Crippen LogP contribution < -0.4 is 0 Å². The van der Waals surface area contributed by atoms with Crippen molar-refractivity contribution in [1.29, 1.82) is 0 Å². The highest BCUT2D eigenvalue weighted by atomic mass is 19.2. The zero-order valence-electron chi connectivity index (χ0n) is 10.2. The summed E-state index contributed by atoms with van der Waals surface area (Å²) in [5.41, 5.74) is 1.30. The van der Waals surface area contributed by atoms with Crippen molar-refractivity contribution in [2.24, 2.45) is 0 Å². The van der Waals surface area contributed by atoms with Crippen LogP contribution in [-0.4, -0.2) is 5.78 Å². The predicted octanol–water partition coefficient (Wildman–Crippen LogP) is 3.84. The van der Waals surface area contributed by atoms with E-state index in [-0.39, 0.29) is 6.42 Å².